The van der Waals surface area contributed by atoms with Crippen LogP contribution in [0.5, 0.6) is 0 Å². The molecule has 1 unspecified atom stereocenters. The van der Waals surface area contributed by atoms with Gasteiger partial charge in [-0.15, -0.1) is 0 Å². The highest BCUT2D eigenvalue weighted by Gasteiger charge is 2.48. The van der Waals surface area contributed by atoms with Crippen molar-refractivity contribution in [2.24, 2.45) is 5.92 Å². The first-order valence-corrected chi connectivity index (χ1v) is 5.85. The molecule has 0 aromatic heterocycles. The van der Waals surface area contributed by atoms with E-state index < -0.39 is 17.4 Å². The summed E-state index contributed by atoms with van der Waals surface area (Å²) in [6.45, 7) is 1.55. The number of nitrogen functional groups attached to an aromatic ring is 1. The maximum absolute atomic E-state index is 12.1. The number of carbonyl (C=O) groups is 2. The summed E-state index contributed by atoms with van der Waals surface area (Å²) in [5.74, 6) is -1.44. The Morgan fingerprint density at radius 1 is 1.39 bits per heavy atom. The van der Waals surface area contributed by atoms with Crippen LogP contribution in [0.25, 0.3) is 0 Å². The fraction of sp³-hybridized carbons (Fsp3) is 0.385. The van der Waals surface area contributed by atoms with Crippen molar-refractivity contribution >= 4 is 17.6 Å². The Kier molecular flexibility index (Phi) is 2.98. The van der Waals surface area contributed by atoms with Gasteiger partial charge in [0.1, 0.15) is 5.54 Å². The zero-order chi connectivity index (χ0) is 13.3. The molecule has 0 aliphatic heterocycles. The van der Waals surface area contributed by atoms with E-state index >= 15 is 0 Å². The molecular formula is C13H16N2O3. The number of nitrogens with one attached hydrogen (secondary N) is 1. The standard InChI is InChI=1S/C13H16N2O3/c1-13(12(17)18,8-6-7-8)15-11(16)9-4-2-3-5-10(9)14/h2-5,8H,6-7,14H2,1H3,(H,15,16)(H,17,18). The smallest absolute Gasteiger partial charge is 0.329 e. The summed E-state index contributed by atoms with van der Waals surface area (Å²) in [5, 5.41) is 11.9. The molecule has 4 N–H and O–H groups in total. The molecule has 0 spiro atoms. The summed E-state index contributed by atoms with van der Waals surface area (Å²) >= 11 is 0. The maximum atomic E-state index is 12.1. The van der Waals surface area contributed by atoms with E-state index in [1.54, 1.807) is 31.2 Å². The lowest BCUT2D eigenvalue weighted by Gasteiger charge is -2.26. The maximum Gasteiger partial charge on any atom is 0.329 e. The number of nitrogens with two attached hydrogens (primary N) is 1. The van der Waals surface area contributed by atoms with E-state index in [1.807, 2.05) is 0 Å². The molecule has 1 aromatic carbocycles. The number of para-hydroxylation sites is 1. The number of amides is 1. The number of carboxylic acids is 1. The van der Waals surface area contributed by atoms with Gasteiger partial charge < -0.3 is 16.2 Å². The Labute approximate surface area is 105 Å². The monoisotopic (exact) mass is 248 g/mol. The third-order valence-corrected chi connectivity index (χ3v) is 3.42. The Morgan fingerprint density at radius 3 is 2.50 bits per heavy atom. The average molecular weight is 248 g/mol. The van der Waals surface area contributed by atoms with Gasteiger partial charge in [-0.05, 0) is 37.8 Å². The summed E-state index contributed by atoms with van der Waals surface area (Å²) in [6, 6.07) is 6.62. The van der Waals surface area contributed by atoms with Gasteiger partial charge >= 0.3 is 5.97 Å². The zero-order valence-corrected chi connectivity index (χ0v) is 10.1. The van der Waals surface area contributed by atoms with Crippen LogP contribution in [0, 0.1) is 5.92 Å². The van der Waals surface area contributed by atoms with Gasteiger partial charge in [-0.2, -0.15) is 0 Å². The summed E-state index contributed by atoms with van der Waals surface area (Å²) in [4.78, 5) is 23.4. The van der Waals surface area contributed by atoms with Gasteiger partial charge in [0.2, 0.25) is 0 Å². The van der Waals surface area contributed by atoms with Crippen molar-refractivity contribution < 1.29 is 14.7 Å². The van der Waals surface area contributed by atoms with Crippen molar-refractivity contribution in [2.45, 2.75) is 25.3 Å². The molecule has 18 heavy (non-hydrogen) atoms. The highest BCUT2D eigenvalue weighted by Crippen LogP contribution is 2.39. The van der Waals surface area contributed by atoms with Gasteiger partial charge in [0.25, 0.3) is 5.91 Å². The van der Waals surface area contributed by atoms with Gasteiger partial charge in [0, 0.05) is 5.69 Å². The van der Waals surface area contributed by atoms with Crippen LogP contribution in [-0.4, -0.2) is 22.5 Å². The molecule has 1 aromatic rings. The van der Waals surface area contributed by atoms with E-state index in [9.17, 15) is 14.7 Å². The van der Waals surface area contributed by atoms with E-state index in [1.165, 1.54) is 0 Å². The lowest BCUT2D eigenvalue weighted by molar-refractivity contribution is -0.144. The minimum absolute atomic E-state index is 0.00360. The first-order valence-electron chi connectivity index (χ1n) is 5.85. The molecule has 1 atom stereocenters. The van der Waals surface area contributed by atoms with Crippen LogP contribution in [0.3, 0.4) is 0 Å². The molecule has 2 rings (SSSR count). The third kappa shape index (κ3) is 2.16. The van der Waals surface area contributed by atoms with E-state index in [4.69, 9.17) is 5.73 Å². The summed E-state index contributed by atoms with van der Waals surface area (Å²) in [6.07, 6.45) is 1.65. The molecule has 0 radical (unpaired) electrons. The van der Waals surface area contributed by atoms with Gasteiger partial charge in [0.05, 0.1) is 5.56 Å². The van der Waals surface area contributed by atoms with Crippen LogP contribution in [0.4, 0.5) is 5.69 Å². The van der Waals surface area contributed by atoms with E-state index in [2.05, 4.69) is 5.32 Å². The average Bonchev–Trinajstić information content (AvgIpc) is 3.13. The SMILES string of the molecule is CC(NC(=O)c1ccccc1N)(C(=O)O)C1CC1. The Bertz CT molecular complexity index is 497. The first kappa shape index (κ1) is 12.4. The number of carbonyl (C=O) groups excluding carboxylic acids is 1. The minimum Gasteiger partial charge on any atom is -0.480 e. The molecule has 0 heterocycles. The molecule has 1 aliphatic rings. The van der Waals surface area contributed by atoms with Crippen LogP contribution in [0.1, 0.15) is 30.1 Å². The van der Waals surface area contributed by atoms with E-state index in [0.29, 0.717) is 11.3 Å². The number of rotatable bonds is 4. The second kappa shape index (κ2) is 4.33. The van der Waals surface area contributed by atoms with Crippen LogP contribution in [-0.2, 0) is 4.79 Å². The topological polar surface area (TPSA) is 92.4 Å². The number of hydrogen-bond acceptors (Lipinski definition) is 3. The molecule has 0 saturated heterocycles. The Hall–Kier alpha value is -2.04. The highest BCUT2D eigenvalue weighted by molar-refractivity contribution is 6.01. The molecule has 5 heteroatoms. The predicted octanol–water partition coefficient (Wildman–Crippen LogP) is 1.25. The lowest BCUT2D eigenvalue weighted by Crippen LogP contribution is -2.54. The number of anilines is 1. The van der Waals surface area contributed by atoms with Gasteiger partial charge in [-0.25, -0.2) is 4.79 Å². The molecule has 1 amide bonds. The van der Waals surface area contributed by atoms with Crippen molar-refractivity contribution in [3.63, 3.8) is 0 Å². The molecule has 0 bridgehead atoms. The fourth-order valence-electron chi connectivity index (χ4n) is 2.00. The van der Waals surface area contributed by atoms with Crippen LogP contribution in [0.2, 0.25) is 0 Å². The van der Waals surface area contributed by atoms with Gasteiger partial charge in [-0.3, -0.25) is 4.79 Å². The molecule has 1 fully saturated rings. The Balaban J connectivity index is 2.20. The van der Waals surface area contributed by atoms with Crippen molar-refractivity contribution in [3.8, 4) is 0 Å². The molecule has 96 valence electrons. The Morgan fingerprint density at radius 2 is 2.00 bits per heavy atom. The van der Waals surface area contributed by atoms with Gasteiger partial charge in [-0.1, -0.05) is 12.1 Å². The number of aliphatic carboxylic acids is 1. The van der Waals surface area contributed by atoms with Gasteiger partial charge in [0.15, 0.2) is 0 Å². The number of carboxylic acid groups (broad SMARTS) is 1. The lowest BCUT2D eigenvalue weighted by atomic mass is 9.95. The fourth-order valence-corrected chi connectivity index (χ4v) is 2.00. The van der Waals surface area contributed by atoms with Crippen molar-refractivity contribution in [1.82, 2.24) is 5.32 Å². The zero-order valence-electron chi connectivity index (χ0n) is 10.1. The van der Waals surface area contributed by atoms with Crippen LogP contribution in [0.15, 0.2) is 24.3 Å². The number of benzene rings is 1. The molecule has 1 saturated carbocycles. The largest absolute Gasteiger partial charge is 0.480 e. The summed E-state index contributed by atoms with van der Waals surface area (Å²) < 4.78 is 0. The van der Waals surface area contributed by atoms with Crippen molar-refractivity contribution in [2.75, 3.05) is 5.73 Å². The molecule has 5 nitrogen and oxygen atoms in total. The highest BCUT2D eigenvalue weighted by atomic mass is 16.4. The number of hydrogen-bond donors (Lipinski definition) is 3. The van der Waals surface area contributed by atoms with E-state index in [-0.39, 0.29) is 5.92 Å². The quantitative estimate of drug-likeness (QED) is 0.699. The summed E-state index contributed by atoms with van der Waals surface area (Å²) in [7, 11) is 0. The third-order valence-electron chi connectivity index (χ3n) is 3.42. The van der Waals surface area contributed by atoms with Crippen molar-refractivity contribution in [3.05, 3.63) is 29.8 Å². The second-order valence-electron chi connectivity index (χ2n) is 4.82. The predicted molar refractivity (Wildman–Crippen MR) is 67.1 cm³/mol. The minimum atomic E-state index is -1.21. The first-order chi connectivity index (χ1) is 8.45. The van der Waals surface area contributed by atoms with Crippen LogP contribution < -0.4 is 11.1 Å². The molecular weight excluding hydrogens is 232 g/mol. The summed E-state index contributed by atoms with van der Waals surface area (Å²) in [5.41, 5.74) is 5.15. The van der Waals surface area contributed by atoms with Crippen LogP contribution >= 0.6 is 0 Å². The molecule has 1 aliphatic carbocycles. The van der Waals surface area contributed by atoms with E-state index in [0.717, 1.165) is 12.8 Å². The van der Waals surface area contributed by atoms with Crippen molar-refractivity contribution in [1.29, 1.82) is 0 Å². The second-order valence-corrected chi connectivity index (χ2v) is 4.82. The normalized spacial score (nSPS) is 17.8.